The molecule has 1 aliphatic rings. The van der Waals surface area contributed by atoms with Gasteiger partial charge in [0.2, 0.25) is 5.90 Å². The summed E-state index contributed by atoms with van der Waals surface area (Å²) in [5.74, 6) is -0.159. The zero-order valence-electron chi connectivity index (χ0n) is 15.8. The Morgan fingerprint density at radius 3 is 2.52 bits per heavy atom. The van der Waals surface area contributed by atoms with Gasteiger partial charge in [0.1, 0.15) is 18.2 Å². The highest BCUT2D eigenvalue weighted by atomic mass is 19.1. The first-order chi connectivity index (χ1) is 14.1. The van der Waals surface area contributed by atoms with E-state index in [9.17, 15) is 9.18 Å². The molecule has 4 nitrogen and oxygen atoms in total. The largest absolute Gasteiger partial charge is 0.489 e. The van der Waals surface area contributed by atoms with Gasteiger partial charge >= 0.3 is 5.97 Å². The number of carbonyl (C=O) groups is 1. The number of halogens is 1. The van der Waals surface area contributed by atoms with Crippen LogP contribution in [0, 0.1) is 12.7 Å². The van der Waals surface area contributed by atoms with Crippen LogP contribution in [-0.4, -0.2) is 11.9 Å². The summed E-state index contributed by atoms with van der Waals surface area (Å²) < 4.78 is 24.3. The van der Waals surface area contributed by atoms with Gasteiger partial charge in [-0.25, -0.2) is 14.2 Å². The van der Waals surface area contributed by atoms with Gasteiger partial charge in [-0.2, -0.15) is 0 Å². The highest BCUT2D eigenvalue weighted by Gasteiger charge is 2.24. The van der Waals surface area contributed by atoms with Crippen LogP contribution in [0.5, 0.6) is 5.75 Å². The fourth-order valence-corrected chi connectivity index (χ4v) is 2.82. The molecule has 0 N–H and O–H groups in total. The fourth-order valence-electron chi connectivity index (χ4n) is 2.82. The summed E-state index contributed by atoms with van der Waals surface area (Å²) in [6.45, 7) is 2.53. The van der Waals surface area contributed by atoms with E-state index >= 15 is 0 Å². The number of rotatable bonds is 5. The zero-order chi connectivity index (χ0) is 20.2. The summed E-state index contributed by atoms with van der Waals surface area (Å²) in [4.78, 5) is 16.3. The quantitative estimate of drug-likeness (QED) is 0.454. The molecule has 3 aromatic rings. The molecule has 4 rings (SSSR count). The van der Waals surface area contributed by atoms with Gasteiger partial charge in [0.05, 0.1) is 0 Å². The van der Waals surface area contributed by atoms with Gasteiger partial charge in [-0.3, -0.25) is 0 Å². The molecule has 0 aromatic heterocycles. The van der Waals surface area contributed by atoms with E-state index in [-0.39, 0.29) is 11.6 Å². The summed E-state index contributed by atoms with van der Waals surface area (Å²) in [5.41, 5.74) is 3.66. The Morgan fingerprint density at radius 2 is 1.79 bits per heavy atom. The van der Waals surface area contributed by atoms with Crippen LogP contribution in [-0.2, 0) is 16.1 Å². The molecule has 0 radical (unpaired) electrons. The highest BCUT2D eigenvalue weighted by molar-refractivity contribution is 6.12. The molecule has 5 heteroatoms. The Kier molecular flexibility index (Phi) is 5.20. The van der Waals surface area contributed by atoms with Crippen LogP contribution in [0.3, 0.4) is 0 Å². The first-order valence-electron chi connectivity index (χ1n) is 9.14. The van der Waals surface area contributed by atoms with Crippen LogP contribution in [0.1, 0.15) is 22.3 Å². The monoisotopic (exact) mass is 387 g/mol. The molecule has 0 spiro atoms. The molecule has 0 unspecified atom stereocenters. The molecule has 1 heterocycles. The zero-order valence-corrected chi connectivity index (χ0v) is 15.8. The van der Waals surface area contributed by atoms with E-state index in [1.165, 1.54) is 23.8 Å². The van der Waals surface area contributed by atoms with Gasteiger partial charge in [0.25, 0.3) is 0 Å². The molecule has 0 saturated heterocycles. The molecule has 144 valence electrons. The minimum atomic E-state index is -0.566. The van der Waals surface area contributed by atoms with Gasteiger partial charge in [-0.1, -0.05) is 48.0 Å². The lowest BCUT2D eigenvalue weighted by Gasteiger charge is -2.07. The Bertz CT molecular complexity index is 1100. The lowest BCUT2D eigenvalue weighted by molar-refractivity contribution is -0.129. The number of ether oxygens (including phenoxy) is 2. The minimum Gasteiger partial charge on any atom is -0.489 e. The van der Waals surface area contributed by atoms with Crippen molar-refractivity contribution < 1.29 is 18.7 Å². The third-order valence-electron chi connectivity index (χ3n) is 4.40. The number of hydrogen-bond donors (Lipinski definition) is 0. The molecule has 3 aromatic carbocycles. The van der Waals surface area contributed by atoms with E-state index in [1.54, 1.807) is 12.1 Å². The number of aryl methyl sites for hydroxylation is 1. The summed E-state index contributed by atoms with van der Waals surface area (Å²) in [7, 11) is 0. The van der Waals surface area contributed by atoms with Gasteiger partial charge < -0.3 is 9.47 Å². The first-order valence-corrected chi connectivity index (χ1v) is 9.14. The van der Waals surface area contributed by atoms with Crippen LogP contribution in [0.25, 0.3) is 6.08 Å². The van der Waals surface area contributed by atoms with E-state index in [4.69, 9.17) is 9.47 Å². The molecule has 0 amide bonds. The van der Waals surface area contributed by atoms with Gasteiger partial charge in [-0.15, -0.1) is 0 Å². The Balaban J connectivity index is 1.45. The van der Waals surface area contributed by atoms with Crippen LogP contribution in [0.4, 0.5) is 4.39 Å². The molecular weight excluding hydrogens is 369 g/mol. The topological polar surface area (TPSA) is 47.9 Å². The summed E-state index contributed by atoms with van der Waals surface area (Å²) >= 11 is 0. The Morgan fingerprint density at radius 1 is 1.03 bits per heavy atom. The van der Waals surface area contributed by atoms with Crippen molar-refractivity contribution in [2.45, 2.75) is 13.5 Å². The normalized spacial score (nSPS) is 14.6. The van der Waals surface area contributed by atoms with Crippen molar-refractivity contribution in [3.63, 3.8) is 0 Å². The molecule has 0 saturated carbocycles. The van der Waals surface area contributed by atoms with Crippen LogP contribution in [0.2, 0.25) is 0 Å². The van der Waals surface area contributed by atoms with E-state index < -0.39 is 11.8 Å². The molecule has 0 bridgehead atoms. The lowest BCUT2D eigenvalue weighted by Crippen LogP contribution is -2.05. The Hall–Kier alpha value is -3.73. The number of cyclic esters (lactones) is 1. The molecule has 1 aliphatic heterocycles. The summed E-state index contributed by atoms with van der Waals surface area (Å²) in [6.07, 6.45) is 1.62. The second-order valence-electron chi connectivity index (χ2n) is 6.69. The minimum absolute atomic E-state index is 0.0961. The van der Waals surface area contributed by atoms with Crippen molar-refractivity contribution in [2.75, 3.05) is 0 Å². The van der Waals surface area contributed by atoms with E-state index in [1.807, 2.05) is 55.5 Å². The standard InChI is InChI=1S/C24H18FNO3/c1-16-5-7-18(8-6-16)15-28-21-11-9-17(10-12-21)13-22-24(27)29-23(26-22)19-3-2-4-20(25)14-19/h2-14H,15H2,1H3. The maximum Gasteiger partial charge on any atom is 0.363 e. The number of nitrogens with zero attached hydrogens (tertiary/aromatic N) is 1. The fraction of sp³-hybridized carbons (Fsp3) is 0.0833. The second-order valence-corrected chi connectivity index (χ2v) is 6.69. The van der Waals surface area contributed by atoms with Crippen LogP contribution >= 0.6 is 0 Å². The third-order valence-corrected chi connectivity index (χ3v) is 4.40. The van der Waals surface area contributed by atoms with E-state index in [2.05, 4.69) is 4.99 Å². The number of aliphatic imine (C=N–C) groups is 1. The van der Waals surface area contributed by atoms with Crippen molar-refractivity contribution in [1.82, 2.24) is 0 Å². The van der Waals surface area contributed by atoms with Crippen molar-refractivity contribution in [3.05, 3.63) is 107 Å². The van der Waals surface area contributed by atoms with Gasteiger partial charge in [-0.05, 0) is 54.5 Å². The molecule has 0 aliphatic carbocycles. The summed E-state index contributed by atoms with van der Waals surface area (Å²) in [6, 6.07) is 21.3. The van der Waals surface area contributed by atoms with Crippen molar-refractivity contribution in [1.29, 1.82) is 0 Å². The SMILES string of the molecule is Cc1ccc(COc2ccc(C=C3N=C(c4cccc(F)c4)OC3=O)cc2)cc1. The number of hydrogen-bond acceptors (Lipinski definition) is 4. The first kappa shape index (κ1) is 18.6. The van der Waals surface area contributed by atoms with Gasteiger partial charge in [0.15, 0.2) is 5.70 Å². The maximum absolute atomic E-state index is 13.4. The predicted molar refractivity (Wildman–Crippen MR) is 109 cm³/mol. The third kappa shape index (κ3) is 4.58. The smallest absolute Gasteiger partial charge is 0.363 e. The van der Waals surface area contributed by atoms with Gasteiger partial charge in [0, 0.05) is 5.56 Å². The molecular formula is C24H18FNO3. The number of esters is 1. The maximum atomic E-state index is 13.4. The van der Waals surface area contributed by atoms with Crippen molar-refractivity contribution in [2.24, 2.45) is 4.99 Å². The highest BCUT2D eigenvalue weighted by Crippen LogP contribution is 2.21. The summed E-state index contributed by atoms with van der Waals surface area (Å²) in [5, 5.41) is 0. The van der Waals surface area contributed by atoms with Crippen LogP contribution < -0.4 is 4.74 Å². The second kappa shape index (κ2) is 8.10. The van der Waals surface area contributed by atoms with Crippen molar-refractivity contribution >= 4 is 17.9 Å². The number of benzene rings is 3. The molecule has 0 atom stereocenters. The average molecular weight is 387 g/mol. The molecule has 29 heavy (non-hydrogen) atoms. The van der Waals surface area contributed by atoms with Crippen LogP contribution in [0.15, 0.2) is 83.5 Å². The average Bonchev–Trinajstić information content (AvgIpc) is 3.09. The predicted octanol–water partition coefficient (Wildman–Crippen LogP) is 5.06. The van der Waals surface area contributed by atoms with E-state index in [0.717, 1.165) is 16.9 Å². The number of carbonyl (C=O) groups excluding carboxylic acids is 1. The molecule has 0 fully saturated rings. The Labute approximate surface area is 167 Å². The van der Waals surface area contributed by atoms with Crippen molar-refractivity contribution in [3.8, 4) is 5.75 Å². The lowest BCUT2D eigenvalue weighted by atomic mass is 10.1. The van der Waals surface area contributed by atoms with E-state index in [0.29, 0.717) is 12.2 Å².